The molecule has 15 heavy (non-hydrogen) atoms. The number of primary amides is 1. The number of carbonyl (C=O) groups is 1. The van der Waals surface area contributed by atoms with E-state index < -0.39 is 5.91 Å². The van der Waals surface area contributed by atoms with E-state index in [4.69, 9.17) is 16.2 Å². The predicted molar refractivity (Wildman–Crippen MR) is 55.3 cm³/mol. The van der Waals surface area contributed by atoms with Gasteiger partial charge in [-0.2, -0.15) is 0 Å². The SMILES string of the molecule is COCCc1nc(C)c(C(N)=O)c(N)n1. The van der Waals surface area contributed by atoms with E-state index >= 15 is 0 Å². The molecule has 6 heteroatoms. The van der Waals surface area contributed by atoms with Gasteiger partial charge in [0.1, 0.15) is 17.2 Å². The summed E-state index contributed by atoms with van der Waals surface area (Å²) in [6, 6.07) is 0. The van der Waals surface area contributed by atoms with Crippen molar-refractivity contribution in [1.82, 2.24) is 9.97 Å². The minimum Gasteiger partial charge on any atom is -0.384 e. The van der Waals surface area contributed by atoms with E-state index in [-0.39, 0.29) is 11.4 Å². The number of nitrogens with two attached hydrogens (primary N) is 2. The molecule has 82 valence electrons. The second-order valence-corrected chi connectivity index (χ2v) is 3.09. The molecule has 1 heterocycles. The molecule has 0 aliphatic rings. The van der Waals surface area contributed by atoms with Gasteiger partial charge in [-0.25, -0.2) is 9.97 Å². The monoisotopic (exact) mass is 210 g/mol. The Morgan fingerprint density at radius 3 is 2.60 bits per heavy atom. The molecule has 6 nitrogen and oxygen atoms in total. The number of nitrogens with zero attached hydrogens (tertiary/aromatic N) is 2. The molecule has 0 spiro atoms. The van der Waals surface area contributed by atoms with E-state index in [0.717, 1.165) is 0 Å². The van der Waals surface area contributed by atoms with E-state index in [1.807, 2.05) is 0 Å². The van der Waals surface area contributed by atoms with Gasteiger partial charge in [0.2, 0.25) is 0 Å². The molecule has 1 aromatic heterocycles. The zero-order valence-electron chi connectivity index (χ0n) is 8.78. The average molecular weight is 210 g/mol. The standard InChI is InChI=1S/C9H14N4O2/c1-5-7(9(11)14)8(10)13-6(12-5)3-4-15-2/h3-4H2,1-2H3,(H2,11,14)(H2,10,12,13). The Bertz CT molecular complexity index is 355. The molecule has 0 saturated heterocycles. The van der Waals surface area contributed by atoms with Crippen molar-refractivity contribution in [3.05, 3.63) is 17.1 Å². The highest BCUT2D eigenvalue weighted by Gasteiger charge is 2.13. The van der Waals surface area contributed by atoms with Crippen LogP contribution < -0.4 is 11.5 Å². The van der Waals surface area contributed by atoms with Crippen molar-refractivity contribution in [3.8, 4) is 0 Å². The van der Waals surface area contributed by atoms with Gasteiger partial charge in [0.15, 0.2) is 0 Å². The van der Waals surface area contributed by atoms with Crippen LogP contribution in [0.5, 0.6) is 0 Å². The molecule has 0 atom stereocenters. The minimum absolute atomic E-state index is 0.126. The van der Waals surface area contributed by atoms with E-state index in [1.54, 1.807) is 14.0 Å². The van der Waals surface area contributed by atoms with Gasteiger partial charge in [0.05, 0.1) is 12.3 Å². The van der Waals surface area contributed by atoms with Crippen molar-refractivity contribution >= 4 is 11.7 Å². The maximum Gasteiger partial charge on any atom is 0.254 e. The Kier molecular flexibility index (Phi) is 3.56. The highest BCUT2D eigenvalue weighted by atomic mass is 16.5. The number of anilines is 1. The van der Waals surface area contributed by atoms with Crippen LogP contribution in [0, 0.1) is 6.92 Å². The Morgan fingerprint density at radius 2 is 2.13 bits per heavy atom. The van der Waals surface area contributed by atoms with E-state index in [0.29, 0.717) is 24.5 Å². The maximum absolute atomic E-state index is 11.0. The summed E-state index contributed by atoms with van der Waals surface area (Å²) in [5, 5.41) is 0. The summed E-state index contributed by atoms with van der Waals surface area (Å²) >= 11 is 0. The van der Waals surface area contributed by atoms with Gasteiger partial charge in [-0.1, -0.05) is 0 Å². The van der Waals surface area contributed by atoms with Crippen molar-refractivity contribution in [3.63, 3.8) is 0 Å². The Morgan fingerprint density at radius 1 is 1.47 bits per heavy atom. The van der Waals surface area contributed by atoms with Crippen LogP contribution in [0.25, 0.3) is 0 Å². The molecule has 0 saturated carbocycles. The summed E-state index contributed by atoms with van der Waals surface area (Å²) in [5.41, 5.74) is 11.4. The number of hydrogen-bond donors (Lipinski definition) is 2. The van der Waals surface area contributed by atoms with Crippen LogP contribution >= 0.6 is 0 Å². The third-order valence-electron chi connectivity index (χ3n) is 1.94. The molecule has 0 bridgehead atoms. The van der Waals surface area contributed by atoms with Crippen molar-refractivity contribution in [2.45, 2.75) is 13.3 Å². The lowest BCUT2D eigenvalue weighted by molar-refractivity contribution is 0.1000. The summed E-state index contributed by atoms with van der Waals surface area (Å²) in [6.45, 7) is 2.18. The highest BCUT2D eigenvalue weighted by molar-refractivity contribution is 5.98. The van der Waals surface area contributed by atoms with Crippen molar-refractivity contribution < 1.29 is 9.53 Å². The van der Waals surface area contributed by atoms with Crippen molar-refractivity contribution in [2.24, 2.45) is 5.73 Å². The van der Waals surface area contributed by atoms with Crippen LogP contribution in [-0.4, -0.2) is 29.6 Å². The number of ether oxygens (including phenoxy) is 1. The maximum atomic E-state index is 11.0. The molecule has 0 unspecified atom stereocenters. The first-order valence-corrected chi connectivity index (χ1v) is 4.48. The fourth-order valence-corrected chi connectivity index (χ4v) is 1.26. The van der Waals surface area contributed by atoms with Crippen molar-refractivity contribution in [2.75, 3.05) is 19.5 Å². The van der Waals surface area contributed by atoms with Crippen LogP contribution in [0.3, 0.4) is 0 Å². The van der Waals surface area contributed by atoms with E-state index in [2.05, 4.69) is 9.97 Å². The highest BCUT2D eigenvalue weighted by Crippen LogP contribution is 2.12. The lowest BCUT2D eigenvalue weighted by Crippen LogP contribution is -2.18. The molecule has 0 radical (unpaired) electrons. The number of aromatic nitrogens is 2. The van der Waals surface area contributed by atoms with Gasteiger partial charge in [0.25, 0.3) is 5.91 Å². The molecule has 1 rings (SSSR count). The van der Waals surface area contributed by atoms with Crippen LogP contribution in [0.2, 0.25) is 0 Å². The second kappa shape index (κ2) is 4.70. The third-order valence-corrected chi connectivity index (χ3v) is 1.94. The fraction of sp³-hybridized carbons (Fsp3) is 0.444. The van der Waals surface area contributed by atoms with Crippen LogP contribution in [0.15, 0.2) is 0 Å². The van der Waals surface area contributed by atoms with Gasteiger partial charge in [-0.05, 0) is 6.92 Å². The molecular formula is C9H14N4O2. The summed E-state index contributed by atoms with van der Waals surface area (Å²) < 4.78 is 4.89. The van der Waals surface area contributed by atoms with Crippen LogP contribution in [-0.2, 0) is 11.2 Å². The van der Waals surface area contributed by atoms with Gasteiger partial charge < -0.3 is 16.2 Å². The summed E-state index contributed by atoms with van der Waals surface area (Å²) in [4.78, 5) is 19.1. The van der Waals surface area contributed by atoms with E-state index in [1.165, 1.54) is 0 Å². The topological polar surface area (TPSA) is 104 Å². The number of methoxy groups -OCH3 is 1. The molecule has 4 N–H and O–H groups in total. The lowest BCUT2D eigenvalue weighted by Gasteiger charge is -2.07. The van der Waals surface area contributed by atoms with Crippen LogP contribution in [0.1, 0.15) is 21.9 Å². The summed E-state index contributed by atoms with van der Waals surface area (Å²) in [6.07, 6.45) is 0.556. The number of aryl methyl sites for hydroxylation is 1. The van der Waals surface area contributed by atoms with Crippen molar-refractivity contribution in [1.29, 1.82) is 0 Å². The van der Waals surface area contributed by atoms with Gasteiger partial charge >= 0.3 is 0 Å². The normalized spacial score (nSPS) is 10.3. The third kappa shape index (κ3) is 2.63. The number of rotatable bonds is 4. The molecule has 1 amide bonds. The summed E-state index contributed by atoms with van der Waals surface area (Å²) in [7, 11) is 1.59. The molecule has 0 fully saturated rings. The zero-order chi connectivity index (χ0) is 11.4. The van der Waals surface area contributed by atoms with Crippen LogP contribution in [0.4, 0.5) is 5.82 Å². The summed E-state index contributed by atoms with van der Waals surface area (Å²) in [5.74, 6) is 0.0706. The smallest absolute Gasteiger partial charge is 0.254 e. The van der Waals surface area contributed by atoms with Gasteiger partial charge in [0, 0.05) is 13.5 Å². The molecule has 0 aliphatic heterocycles. The molecule has 1 aromatic rings. The quantitative estimate of drug-likeness (QED) is 0.707. The van der Waals surface area contributed by atoms with Gasteiger partial charge in [-0.3, -0.25) is 4.79 Å². The number of amides is 1. The average Bonchev–Trinajstić information content (AvgIpc) is 2.12. The first kappa shape index (κ1) is 11.4. The number of hydrogen-bond acceptors (Lipinski definition) is 5. The Labute approximate surface area is 87.7 Å². The Balaban J connectivity index is 3.03. The van der Waals surface area contributed by atoms with E-state index in [9.17, 15) is 4.79 Å². The fourth-order valence-electron chi connectivity index (χ4n) is 1.26. The first-order chi connectivity index (χ1) is 7.06. The Hall–Kier alpha value is -1.69. The molecular weight excluding hydrogens is 196 g/mol. The second-order valence-electron chi connectivity index (χ2n) is 3.09. The first-order valence-electron chi connectivity index (χ1n) is 4.48. The molecule has 0 aromatic carbocycles. The largest absolute Gasteiger partial charge is 0.384 e. The number of carbonyl (C=O) groups excluding carboxylic acids is 1. The molecule has 0 aliphatic carbocycles. The predicted octanol–water partition coefficient (Wildman–Crippen LogP) is -0.345. The van der Waals surface area contributed by atoms with Gasteiger partial charge in [-0.15, -0.1) is 0 Å². The number of nitrogen functional groups attached to an aromatic ring is 1. The zero-order valence-corrected chi connectivity index (χ0v) is 8.78. The lowest BCUT2D eigenvalue weighted by atomic mass is 10.2. The minimum atomic E-state index is -0.608.